The van der Waals surface area contributed by atoms with Crippen LogP contribution in [-0.4, -0.2) is 32.5 Å². The van der Waals surface area contributed by atoms with E-state index in [0.29, 0.717) is 26.2 Å². The van der Waals surface area contributed by atoms with Gasteiger partial charge >= 0.3 is 4.87 Å². The highest BCUT2D eigenvalue weighted by molar-refractivity contribution is 8.00. The van der Waals surface area contributed by atoms with Crippen molar-refractivity contribution in [3.63, 3.8) is 0 Å². The molecule has 43 heavy (non-hydrogen) atoms. The zero-order valence-corrected chi connectivity index (χ0v) is 25.4. The number of non-ortho nitro benzene ring substituents is 1. The number of aromatic nitrogens is 1. The van der Waals surface area contributed by atoms with Gasteiger partial charge in [0.15, 0.2) is 0 Å². The average molecular weight is 676 g/mol. The van der Waals surface area contributed by atoms with Crippen molar-refractivity contribution in [3.8, 4) is 0 Å². The molecule has 6 rings (SSSR count). The Morgan fingerprint density at radius 3 is 2.33 bits per heavy atom. The zero-order chi connectivity index (χ0) is 30.6. The van der Waals surface area contributed by atoms with E-state index in [9.17, 15) is 29.3 Å². The number of benzene rings is 3. The number of thioether (sulfide) groups is 1. The van der Waals surface area contributed by atoms with Crippen molar-refractivity contribution in [3.05, 3.63) is 112 Å². The van der Waals surface area contributed by atoms with Crippen molar-refractivity contribution in [2.24, 2.45) is 5.92 Å². The van der Waals surface area contributed by atoms with Crippen molar-refractivity contribution in [1.29, 1.82) is 0 Å². The van der Waals surface area contributed by atoms with Gasteiger partial charge in [-0.15, -0.1) is 0 Å². The number of nitro groups is 1. The van der Waals surface area contributed by atoms with Crippen LogP contribution >= 0.6 is 57.9 Å². The molecule has 4 aromatic rings. The Bertz CT molecular complexity index is 1880. The minimum Gasteiger partial charge on any atom is -0.325 e. The molecule has 1 N–H and O–H groups in total. The van der Waals surface area contributed by atoms with E-state index < -0.39 is 44.6 Å². The summed E-state index contributed by atoms with van der Waals surface area (Å²) in [5.74, 6) is -3.38. The first-order valence-corrected chi connectivity index (χ1v) is 15.4. The molecule has 10 nitrogen and oxygen atoms in total. The van der Waals surface area contributed by atoms with Crippen LogP contribution in [0.25, 0.3) is 0 Å². The Kier molecular flexibility index (Phi) is 7.82. The lowest BCUT2D eigenvalue weighted by atomic mass is 9.83. The Morgan fingerprint density at radius 1 is 0.953 bits per heavy atom. The standard InChI is InChI=1S/C28H17Cl3N4O6S2/c29-13-4-6-14(7-5-13)32-19(36)12-33-27-24(43-28(33)39)20(17-2-1-3-18(30)22(17)31)21-23(42-27)26(38)34(25(21)37)15-8-10-16(11-9-15)35(40)41/h1-11,20-21,23H,12H2,(H,32,36)/t20-,21-,23+/m0/s1. The first-order valence-electron chi connectivity index (χ1n) is 12.6. The molecule has 0 aliphatic carbocycles. The van der Waals surface area contributed by atoms with Gasteiger partial charge in [-0.2, -0.15) is 0 Å². The fraction of sp³-hybridized carbons (Fsp3) is 0.143. The number of hydrogen-bond acceptors (Lipinski definition) is 8. The molecule has 3 aromatic carbocycles. The minimum absolute atomic E-state index is 0.174. The van der Waals surface area contributed by atoms with E-state index in [2.05, 4.69) is 5.32 Å². The monoisotopic (exact) mass is 674 g/mol. The van der Waals surface area contributed by atoms with Crippen molar-refractivity contribution in [1.82, 2.24) is 4.57 Å². The molecule has 1 aromatic heterocycles. The van der Waals surface area contributed by atoms with Gasteiger partial charge in [-0.3, -0.25) is 33.9 Å². The molecule has 2 aliphatic heterocycles. The molecule has 0 unspecified atom stereocenters. The van der Waals surface area contributed by atoms with Crippen LogP contribution in [0.2, 0.25) is 15.1 Å². The van der Waals surface area contributed by atoms with Crippen LogP contribution in [0.4, 0.5) is 17.1 Å². The topological polar surface area (TPSA) is 132 Å². The lowest BCUT2D eigenvalue weighted by molar-refractivity contribution is -0.384. The van der Waals surface area contributed by atoms with Gasteiger partial charge in [-0.05, 0) is 48.0 Å². The summed E-state index contributed by atoms with van der Waals surface area (Å²) >= 11 is 20.8. The van der Waals surface area contributed by atoms with Gasteiger partial charge in [-0.25, -0.2) is 4.90 Å². The zero-order valence-electron chi connectivity index (χ0n) is 21.5. The molecule has 2 aliphatic rings. The van der Waals surface area contributed by atoms with E-state index in [0.717, 1.165) is 28.0 Å². The summed E-state index contributed by atoms with van der Waals surface area (Å²) in [6.45, 7) is -0.345. The average Bonchev–Trinajstić information content (AvgIpc) is 3.42. The van der Waals surface area contributed by atoms with Crippen molar-refractivity contribution < 1.29 is 19.3 Å². The quantitative estimate of drug-likeness (QED) is 0.146. The predicted molar refractivity (Wildman–Crippen MR) is 166 cm³/mol. The molecule has 15 heteroatoms. The highest BCUT2D eigenvalue weighted by atomic mass is 35.5. The summed E-state index contributed by atoms with van der Waals surface area (Å²) in [4.78, 5) is 65.7. The number of carbonyl (C=O) groups is 3. The van der Waals surface area contributed by atoms with Gasteiger partial charge in [-0.1, -0.05) is 70.0 Å². The van der Waals surface area contributed by atoms with E-state index in [-0.39, 0.29) is 28.0 Å². The Labute approximate surface area is 266 Å². The number of fused-ring (bicyclic) bond motifs is 2. The Morgan fingerprint density at radius 2 is 1.65 bits per heavy atom. The number of thiazole rings is 1. The molecule has 218 valence electrons. The van der Waals surface area contributed by atoms with Crippen LogP contribution in [0.3, 0.4) is 0 Å². The fourth-order valence-electron chi connectivity index (χ4n) is 5.21. The first kappa shape index (κ1) is 29.4. The van der Waals surface area contributed by atoms with Gasteiger partial charge in [0.25, 0.3) is 5.69 Å². The SMILES string of the molecule is O=C(Cn1c2c(sc1=O)[C@@H](c1cccc(Cl)c1Cl)[C@@H]1C(=O)N(c3ccc([N+](=O)[O-])cc3)C(=O)[C@@H]1S2)Nc1ccc(Cl)cc1. The number of nitro benzene ring substituents is 1. The lowest BCUT2D eigenvalue weighted by Crippen LogP contribution is -2.33. The molecule has 3 heterocycles. The van der Waals surface area contributed by atoms with Gasteiger partial charge in [0.2, 0.25) is 17.7 Å². The summed E-state index contributed by atoms with van der Waals surface area (Å²) in [7, 11) is 0. The van der Waals surface area contributed by atoms with Crippen LogP contribution in [0.5, 0.6) is 0 Å². The lowest BCUT2D eigenvalue weighted by Gasteiger charge is -2.31. The maximum Gasteiger partial charge on any atom is 0.308 e. The highest BCUT2D eigenvalue weighted by Crippen LogP contribution is 2.55. The van der Waals surface area contributed by atoms with E-state index in [4.69, 9.17) is 34.8 Å². The summed E-state index contributed by atoms with van der Waals surface area (Å²) in [5.41, 5.74) is 0.922. The number of nitrogens with zero attached hydrogens (tertiary/aromatic N) is 3. The predicted octanol–water partition coefficient (Wildman–Crippen LogP) is 6.21. The number of imide groups is 1. The second-order valence-corrected chi connectivity index (χ2v) is 13.0. The number of halogens is 3. The van der Waals surface area contributed by atoms with Crippen LogP contribution in [0.1, 0.15) is 16.4 Å². The van der Waals surface area contributed by atoms with Gasteiger partial charge in [0.1, 0.15) is 11.8 Å². The third kappa shape index (κ3) is 5.23. The summed E-state index contributed by atoms with van der Waals surface area (Å²) < 4.78 is 1.28. The van der Waals surface area contributed by atoms with Crippen LogP contribution in [-0.2, 0) is 20.9 Å². The molecule has 0 radical (unpaired) electrons. The Hall–Kier alpha value is -3.68. The molecular formula is C28H17Cl3N4O6S2. The summed E-state index contributed by atoms with van der Waals surface area (Å²) in [6.07, 6.45) is 0. The maximum atomic E-state index is 14.0. The molecule has 3 amide bonds. The van der Waals surface area contributed by atoms with Crippen LogP contribution in [0.15, 0.2) is 76.6 Å². The molecule has 0 saturated carbocycles. The van der Waals surface area contributed by atoms with E-state index >= 15 is 0 Å². The smallest absolute Gasteiger partial charge is 0.308 e. The van der Waals surface area contributed by atoms with Crippen molar-refractivity contribution in [2.75, 3.05) is 10.2 Å². The number of carbonyl (C=O) groups excluding carboxylic acids is 3. The number of rotatable bonds is 6. The van der Waals surface area contributed by atoms with Crippen LogP contribution in [0, 0.1) is 16.0 Å². The number of nitrogens with one attached hydrogen (secondary N) is 1. The third-order valence-corrected chi connectivity index (χ3v) is 10.8. The second kappa shape index (κ2) is 11.4. The van der Waals surface area contributed by atoms with Crippen molar-refractivity contribution >= 4 is 92.7 Å². The minimum atomic E-state index is -0.977. The second-order valence-electron chi connectivity index (χ2n) is 9.65. The highest BCUT2D eigenvalue weighted by Gasteiger charge is 2.57. The summed E-state index contributed by atoms with van der Waals surface area (Å²) in [5, 5.41) is 14.2. The summed E-state index contributed by atoms with van der Waals surface area (Å²) in [6, 6.07) is 16.5. The largest absolute Gasteiger partial charge is 0.325 e. The number of hydrogen-bond donors (Lipinski definition) is 1. The van der Waals surface area contributed by atoms with E-state index in [1.165, 1.54) is 28.8 Å². The molecule has 0 spiro atoms. The van der Waals surface area contributed by atoms with E-state index in [1.807, 2.05) is 0 Å². The molecule has 1 saturated heterocycles. The molecule has 3 atom stereocenters. The molecule has 0 bridgehead atoms. The third-order valence-electron chi connectivity index (χ3n) is 7.11. The molecular weight excluding hydrogens is 659 g/mol. The maximum absolute atomic E-state index is 14.0. The number of anilines is 2. The molecule has 1 fully saturated rings. The van der Waals surface area contributed by atoms with Gasteiger partial charge in [0, 0.05) is 33.6 Å². The Balaban J connectivity index is 1.42. The number of amides is 3. The van der Waals surface area contributed by atoms with Gasteiger partial charge < -0.3 is 5.32 Å². The van der Waals surface area contributed by atoms with Gasteiger partial charge in [0.05, 0.1) is 31.6 Å². The van der Waals surface area contributed by atoms with E-state index in [1.54, 1.807) is 42.5 Å². The fourth-order valence-corrected chi connectivity index (χ4v) is 8.52. The van der Waals surface area contributed by atoms with Crippen molar-refractivity contribution in [2.45, 2.75) is 22.7 Å². The first-order chi connectivity index (χ1) is 20.5. The normalized spacial score (nSPS) is 19.2. The van der Waals surface area contributed by atoms with Crippen LogP contribution < -0.4 is 15.1 Å².